The molecular weight excluding hydrogens is 324 g/mol. The molecule has 1 fully saturated rings. The molecule has 126 valence electrons. The molecule has 0 bridgehead atoms. The summed E-state index contributed by atoms with van der Waals surface area (Å²) in [5.41, 5.74) is 3.23. The van der Waals surface area contributed by atoms with Crippen molar-refractivity contribution in [2.24, 2.45) is 0 Å². The van der Waals surface area contributed by atoms with Crippen molar-refractivity contribution < 1.29 is 4.92 Å². The monoisotopic (exact) mass is 344 g/mol. The lowest BCUT2D eigenvalue weighted by molar-refractivity contribution is -0.384. The third-order valence-corrected chi connectivity index (χ3v) is 5.66. The Bertz CT molecular complexity index is 739. The fraction of sp³-hybridized carbons (Fsp3) is 0.412. The Kier molecular flexibility index (Phi) is 4.12. The number of anilines is 2. The molecule has 6 nitrogen and oxygen atoms in total. The Morgan fingerprint density at radius 3 is 2.75 bits per heavy atom. The van der Waals surface area contributed by atoms with E-state index in [1.165, 1.54) is 4.88 Å². The Morgan fingerprint density at radius 2 is 2.04 bits per heavy atom. The maximum absolute atomic E-state index is 11.5. The average Bonchev–Trinajstić information content (AvgIpc) is 3.25. The molecule has 2 aliphatic heterocycles. The number of hydrogen-bond donors (Lipinski definition) is 1. The van der Waals surface area contributed by atoms with Gasteiger partial charge in [0.1, 0.15) is 5.69 Å². The van der Waals surface area contributed by atoms with E-state index in [-0.39, 0.29) is 10.6 Å². The molecule has 24 heavy (non-hydrogen) atoms. The normalized spacial score (nSPS) is 17.6. The predicted molar refractivity (Wildman–Crippen MR) is 97.1 cm³/mol. The van der Waals surface area contributed by atoms with Crippen LogP contribution in [0.3, 0.4) is 0 Å². The molecule has 2 aromatic rings. The average molecular weight is 344 g/mol. The standard InChI is InChI=1S/C17H20N4O2S/c22-21(23)16-4-3-15-14(5-6-18-15)17(16)20-9-7-19(8-10-20)12-13-2-1-11-24-13/h1-4,11,18H,5-10,12H2. The number of rotatable bonds is 4. The first kappa shape index (κ1) is 15.4. The number of nitro benzene ring substituents is 1. The number of nitrogens with zero attached hydrogens (tertiary/aromatic N) is 3. The molecule has 1 saturated heterocycles. The fourth-order valence-electron chi connectivity index (χ4n) is 3.62. The van der Waals surface area contributed by atoms with Crippen molar-refractivity contribution in [1.82, 2.24) is 4.90 Å². The minimum Gasteiger partial charge on any atom is -0.384 e. The molecule has 7 heteroatoms. The first-order chi connectivity index (χ1) is 11.7. The SMILES string of the molecule is O=[N+]([O-])c1ccc2c(c1N1CCN(Cc3cccs3)CC1)CCN2. The van der Waals surface area contributed by atoms with Crippen molar-refractivity contribution in [2.45, 2.75) is 13.0 Å². The van der Waals surface area contributed by atoms with Gasteiger partial charge in [0.25, 0.3) is 5.69 Å². The Hall–Kier alpha value is -2.12. The van der Waals surface area contributed by atoms with Crippen molar-refractivity contribution in [3.63, 3.8) is 0 Å². The molecule has 4 rings (SSSR count). The molecule has 0 aliphatic carbocycles. The molecular formula is C17H20N4O2S. The van der Waals surface area contributed by atoms with Crippen LogP contribution >= 0.6 is 11.3 Å². The van der Waals surface area contributed by atoms with Crippen molar-refractivity contribution in [1.29, 1.82) is 0 Å². The highest BCUT2D eigenvalue weighted by molar-refractivity contribution is 7.09. The topological polar surface area (TPSA) is 61.7 Å². The van der Waals surface area contributed by atoms with Gasteiger partial charge in [-0.15, -0.1) is 11.3 Å². The Labute approximate surface area is 144 Å². The van der Waals surface area contributed by atoms with Gasteiger partial charge in [-0.2, -0.15) is 0 Å². The van der Waals surface area contributed by atoms with Gasteiger partial charge >= 0.3 is 0 Å². The number of hydrogen-bond acceptors (Lipinski definition) is 6. The van der Waals surface area contributed by atoms with Crippen LogP contribution in [-0.2, 0) is 13.0 Å². The Morgan fingerprint density at radius 1 is 1.21 bits per heavy atom. The summed E-state index contributed by atoms with van der Waals surface area (Å²) in [6.45, 7) is 5.38. The van der Waals surface area contributed by atoms with Crippen molar-refractivity contribution in [3.8, 4) is 0 Å². The zero-order valence-electron chi connectivity index (χ0n) is 13.4. The second kappa shape index (κ2) is 6.41. The van der Waals surface area contributed by atoms with Crippen LogP contribution in [0.5, 0.6) is 0 Å². The van der Waals surface area contributed by atoms with E-state index in [9.17, 15) is 10.1 Å². The number of nitro groups is 1. The van der Waals surface area contributed by atoms with Crippen LogP contribution in [0.1, 0.15) is 10.4 Å². The van der Waals surface area contributed by atoms with E-state index in [4.69, 9.17) is 0 Å². The number of nitrogens with one attached hydrogen (secondary N) is 1. The van der Waals surface area contributed by atoms with Gasteiger partial charge in [0, 0.05) is 61.5 Å². The molecule has 1 aromatic carbocycles. The summed E-state index contributed by atoms with van der Waals surface area (Å²) in [5.74, 6) is 0. The number of benzene rings is 1. The highest BCUT2D eigenvalue weighted by Gasteiger charge is 2.29. The van der Waals surface area contributed by atoms with E-state index in [0.717, 1.165) is 62.6 Å². The zero-order chi connectivity index (χ0) is 16.5. The van der Waals surface area contributed by atoms with Crippen LogP contribution in [0.15, 0.2) is 29.6 Å². The molecule has 1 N–H and O–H groups in total. The zero-order valence-corrected chi connectivity index (χ0v) is 14.2. The summed E-state index contributed by atoms with van der Waals surface area (Å²) >= 11 is 1.78. The van der Waals surface area contributed by atoms with Gasteiger partial charge in [-0.25, -0.2) is 0 Å². The van der Waals surface area contributed by atoms with E-state index in [1.54, 1.807) is 17.4 Å². The summed E-state index contributed by atoms with van der Waals surface area (Å²) in [6, 6.07) is 7.74. The lowest BCUT2D eigenvalue weighted by Gasteiger charge is -2.36. The van der Waals surface area contributed by atoms with Crippen LogP contribution < -0.4 is 10.2 Å². The second-order valence-corrected chi connectivity index (χ2v) is 7.27. The highest BCUT2D eigenvalue weighted by Crippen LogP contribution is 2.39. The van der Waals surface area contributed by atoms with Gasteiger partial charge in [-0.1, -0.05) is 6.07 Å². The summed E-state index contributed by atoms with van der Waals surface area (Å²) in [4.78, 5) is 17.2. The largest absolute Gasteiger partial charge is 0.384 e. The van der Waals surface area contributed by atoms with Gasteiger partial charge in [-0.05, 0) is 23.9 Å². The molecule has 3 heterocycles. The Balaban J connectivity index is 1.53. The molecule has 2 aliphatic rings. The van der Waals surface area contributed by atoms with Gasteiger partial charge in [0.05, 0.1) is 4.92 Å². The van der Waals surface area contributed by atoms with E-state index < -0.39 is 0 Å². The minimum atomic E-state index is -0.244. The first-order valence-electron chi connectivity index (χ1n) is 8.26. The maximum atomic E-state index is 11.5. The van der Waals surface area contributed by atoms with Crippen LogP contribution in [-0.4, -0.2) is 42.5 Å². The number of thiophene rings is 1. The lowest BCUT2D eigenvalue weighted by Crippen LogP contribution is -2.46. The van der Waals surface area contributed by atoms with E-state index >= 15 is 0 Å². The summed E-state index contributed by atoms with van der Waals surface area (Å²) in [6.07, 6.45) is 0.863. The van der Waals surface area contributed by atoms with Crippen LogP contribution in [0.2, 0.25) is 0 Å². The number of fused-ring (bicyclic) bond motifs is 1. The van der Waals surface area contributed by atoms with Gasteiger partial charge in [-0.3, -0.25) is 15.0 Å². The van der Waals surface area contributed by atoms with Crippen molar-refractivity contribution in [3.05, 3.63) is 50.2 Å². The smallest absolute Gasteiger partial charge is 0.292 e. The third kappa shape index (κ3) is 2.85. The van der Waals surface area contributed by atoms with Gasteiger partial charge in [0.15, 0.2) is 0 Å². The third-order valence-electron chi connectivity index (χ3n) is 4.80. The molecule has 0 radical (unpaired) electrons. The van der Waals surface area contributed by atoms with Gasteiger partial charge < -0.3 is 10.2 Å². The maximum Gasteiger partial charge on any atom is 0.292 e. The molecule has 0 unspecified atom stereocenters. The lowest BCUT2D eigenvalue weighted by atomic mass is 10.1. The molecule has 0 amide bonds. The van der Waals surface area contributed by atoms with Crippen molar-refractivity contribution in [2.75, 3.05) is 42.9 Å². The summed E-state index contributed by atoms with van der Waals surface area (Å²) in [5, 5.41) is 16.9. The summed E-state index contributed by atoms with van der Waals surface area (Å²) in [7, 11) is 0. The van der Waals surface area contributed by atoms with Crippen LogP contribution in [0.4, 0.5) is 17.1 Å². The number of piperazine rings is 1. The molecule has 1 aromatic heterocycles. The fourth-order valence-corrected chi connectivity index (χ4v) is 4.36. The van der Waals surface area contributed by atoms with Gasteiger partial charge in [0.2, 0.25) is 0 Å². The second-order valence-electron chi connectivity index (χ2n) is 6.24. The van der Waals surface area contributed by atoms with Crippen LogP contribution in [0, 0.1) is 10.1 Å². The predicted octanol–water partition coefficient (Wildman–Crippen LogP) is 2.95. The highest BCUT2D eigenvalue weighted by atomic mass is 32.1. The van der Waals surface area contributed by atoms with Crippen molar-refractivity contribution >= 4 is 28.4 Å². The quantitative estimate of drug-likeness (QED) is 0.682. The molecule has 0 saturated carbocycles. The minimum absolute atomic E-state index is 0.240. The van der Waals surface area contributed by atoms with E-state index in [2.05, 4.69) is 32.6 Å². The summed E-state index contributed by atoms with van der Waals surface area (Å²) < 4.78 is 0. The first-order valence-corrected chi connectivity index (χ1v) is 9.14. The van der Waals surface area contributed by atoms with E-state index in [1.807, 2.05) is 6.07 Å². The molecule has 0 atom stereocenters. The molecule has 0 spiro atoms. The van der Waals surface area contributed by atoms with Crippen LogP contribution in [0.25, 0.3) is 0 Å². The van der Waals surface area contributed by atoms with E-state index in [0.29, 0.717) is 0 Å².